The fourth-order valence-electron chi connectivity index (χ4n) is 3.51. The topological polar surface area (TPSA) is 50.4 Å². The molecule has 2 heterocycles. The molecule has 0 radical (unpaired) electrons. The summed E-state index contributed by atoms with van der Waals surface area (Å²) in [5, 5.41) is 6.57. The highest BCUT2D eigenvalue weighted by Crippen LogP contribution is 2.35. The second-order valence-electron chi connectivity index (χ2n) is 6.28. The summed E-state index contributed by atoms with van der Waals surface area (Å²) in [6.45, 7) is 5.37. The van der Waals surface area contributed by atoms with Crippen LogP contribution in [0.3, 0.4) is 0 Å². The number of benzene rings is 1. The van der Waals surface area contributed by atoms with Gasteiger partial charge in [0.15, 0.2) is 0 Å². The Bertz CT molecular complexity index is 538. The van der Waals surface area contributed by atoms with Gasteiger partial charge in [-0.1, -0.05) is 31.2 Å². The molecule has 2 aliphatic rings. The molecule has 1 amide bonds. The van der Waals surface area contributed by atoms with Crippen LogP contribution >= 0.6 is 11.8 Å². The van der Waals surface area contributed by atoms with Crippen LogP contribution in [0.15, 0.2) is 24.3 Å². The van der Waals surface area contributed by atoms with Gasteiger partial charge < -0.3 is 15.4 Å². The van der Waals surface area contributed by atoms with Gasteiger partial charge in [0, 0.05) is 31.1 Å². The average molecular weight is 334 g/mol. The molecular formula is C18H26N2O2S. The number of rotatable bonds is 5. The Hall–Kier alpha value is -1.04. The van der Waals surface area contributed by atoms with Gasteiger partial charge in [-0.15, -0.1) is 0 Å². The Morgan fingerprint density at radius 3 is 2.96 bits per heavy atom. The van der Waals surface area contributed by atoms with Crippen molar-refractivity contribution < 1.29 is 9.53 Å². The molecule has 5 heteroatoms. The second kappa shape index (κ2) is 7.69. The lowest BCUT2D eigenvalue weighted by Crippen LogP contribution is -2.48. The molecule has 3 rings (SSSR count). The van der Waals surface area contributed by atoms with Crippen LogP contribution in [0.5, 0.6) is 0 Å². The SMILES string of the molecule is CCSC1(CNC(=O)[C@@H]2NCCc3ccccc32)CCOCC1. The van der Waals surface area contributed by atoms with Crippen molar-refractivity contribution in [2.75, 3.05) is 32.1 Å². The van der Waals surface area contributed by atoms with Gasteiger partial charge in [-0.2, -0.15) is 11.8 Å². The van der Waals surface area contributed by atoms with Crippen LogP contribution in [0.1, 0.15) is 36.9 Å². The lowest BCUT2D eigenvalue weighted by atomic mass is 9.93. The highest BCUT2D eigenvalue weighted by atomic mass is 32.2. The number of fused-ring (bicyclic) bond motifs is 1. The number of carbonyl (C=O) groups excluding carboxylic acids is 1. The van der Waals surface area contributed by atoms with E-state index in [4.69, 9.17) is 4.74 Å². The summed E-state index contributed by atoms with van der Waals surface area (Å²) in [6.07, 6.45) is 3.02. The minimum atomic E-state index is -0.219. The van der Waals surface area contributed by atoms with E-state index in [0.717, 1.165) is 56.9 Å². The summed E-state index contributed by atoms with van der Waals surface area (Å²) in [7, 11) is 0. The van der Waals surface area contributed by atoms with E-state index in [-0.39, 0.29) is 16.7 Å². The third kappa shape index (κ3) is 3.90. The van der Waals surface area contributed by atoms with Gasteiger partial charge in [-0.3, -0.25) is 4.79 Å². The highest BCUT2D eigenvalue weighted by Gasteiger charge is 2.34. The summed E-state index contributed by atoms with van der Waals surface area (Å²) in [5.41, 5.74) is 2.41. The molecule has 1 aromatic carbocycles. The van der Waals surface area contributed by atoms with Crippen LogP contribution in [0.25, 0.3) is 0 Å². The highest BCUT2D eigenvalue weighted by molar-refractivity contribution is 8.00. The normalized spacial score (nSPS) is 23.1. The summed E-state index contributed by atoms with van der Waals surface area (Å²) in [6, 6.07) is 8.04. The molecule has 2 N–H and O–H groups in total. The van der Waals surface area contributed by atoms with Gasteiger partial charge >= 0.3 is 0 Å². The van der Waals surface area contributed by atoms with E-state index in [0.29, 0.717) is 0 Å². The molecule has 0 spiro atoms. The molecule has 0 aliphatic carbocycles. The molecule has 0 bridgehead atoms. The number of hydrogen-bond donors (Lipinski definition) is 2. The summed E-state index contributed by atoms with van der Waals surface area (Å²) in [4.78, 5) is 12.7. The number of ether oxygens (including phenoxy) is 1. The first kappa shape index (κ1) is 16.8. The van der Waals surface area contributed by atoms with Crippen molar-refractivity contribution in [2.24, 2.45) is 0 Å². The lowest BCUT2D eigenvalue weighted by molar-refractivity contribution is -0.123. The van der Waals surface area contributed by atoms with E-state index in [1.54, 1.807) is 0 Å². The van der Waals surface area contributed by atoms with Crippen molar-refractivity contribution in [3.63, 3.8) is 0 Å². The molecule has 1 saturated heterocycles. The number of carbonyl (C=O) groups is 1. The van der Waals surface area contributed by atoms with Crippen molar-refractivity contribution in [3.8, 4) is 0 Å². The second-order valence-corrected chi connectivity index (χ2v) is 8.01. The third-order valence-electron chi connectivity index (χ3n) is 4.81. The molecule has 1 fully saturated rings. The van der Waals surface area contributed by atoms with Gasteiger partial charge in [-0.25, -0.2) is 0 Å². The zero-order valence-electron chi connectivity index (χ0n) is 13.8. The molecule has 0 unspecified atom stereocenters. The monoisotopic (exact) mass is 334 g/mol. The molecule has 1 aromatic rings. The van der Waals surface area contributed by atoms with E-state index in [2.05, 4.69) is 29.7 Å². The fourth-order valence-corrected chi connectivity index (χ4v) is 4.75. The van der Waals surface area contributed by atoms with E-state index in [9.17, 15) is 4.79 Å². The fraction of sp³-hybridized carbons (Fsp3) is 0.611. The molecule has 2 aliphatic heterocycles. The van der Waals surface area contributed by atoms with E-state index >= 15 is 0 Å². The zero-order valence-corrected chi connectivity index (χ0v) is 14.6. The van der Waals surface area contributed by atoms with Gasteiger partial charge in [0.2, 0.25) is 5.91 Å². The van der Waals surface area contributed by atoms with Crippen LogP contribution in [-0.4, -0.2) is 42.7 Å². The van der Waals surface area contributed by atoms with Crippen molar-refractivity contribution in [2.45, 2.75) is 37.0 Å². The van der Waals surface area contributed by atoms with Crippen molar-refractivity contribution in [3.05, 3.63) is 35.4 Å². The number of amides is 1. The third-order valence-corrected chi connectivity index (χ3v) is 6.26. The maximum Gasteiger partial charge on any atom is 0.241 e. The first-order valence-electron chi connectivity index (χ1n) is 8.55. The number of nitrogens with one attached hydrogen (secondary N) is 2. The first-order chi connectivity index (χ1) is 11.2. The van der Waals surface area contributed by atoms with Crippen LogP contribution in [0.4, 0.5) is 0 Å². The predicted molar refractivity (Wildman–Crippen MR) is 94.8 cm³/mol. The zero-order chi connectivity index (χ0) is 16.1. The van der Waals surface area contributed by atoms with E-state index in [1.165, 1.54) is 5.56 Å². The Morgan fingerprint density at radius 1 is 1.39 bits per heavy atom. The van der Waals surface area contributed by atoms with Crippen LogP contribution < -0.4 is 10.6 Å². The quantitative estimate of drug-likeness (QED) is 0.867. The van der Waals surface area contributed by atoms with Crippen molar-refractivity contribution in [1.82, 2.24) is 10.6 Å². The smallest absolute Gasteiger partial charge is 0.241 e. The Balaban J connectivity index is 1.65. The molecule has 23 heavy (non-hydrogen) atoms. The summed E-state index contributed by atoms with van der Waals surface area (Å²) in [5.74, 6) is 1.17. The van der Waals surface area contributed by atoms with Gasteiger partial charge in [0.1, 0.15) is 6.04 Å². The first-order valence-corrected chi connectivity index (χ1v) is 9.53. The van der Waals surface area contributed by atoms with Gasteiger partial charge in [-0.05, 0) is 36.1 Å². The van der Waals surface area contributed by atoms with Gasteiger partial charge in [0.25, 0.3) is 0 Å². The summed E-state index contributed by atoms with van der Waals surface area (Å²) >= 11 is 1.96. The Morgan fingerprint density at radius 2 is 2.17 bits per heavy atom. The molecule has 1 atom stereocenters. The van der Waals surface area contributed by atoms with Crippen LogP contribution in [0, 0.1) is 0 Å². The summed E-state index contributed by atoms with van der Waals surface area (Å²) < 4.78 is 5.64. The lowest BCUT2D eigenvalue weighted by Gasteiger charge is -2.37. The maximum absolute atomic E-state index is 12.7. The van der Waals surface area contributed by atoms with Crippen molar-refractivity contribution >= 4 is 17.7 Å². The van der Waals surface area contributed by atoms with Crippen LogP contribution in [-0.2, 0) is 16.0 Å². The maximum atomic E-state index is 12.7. The number of hydrogen-bond acceptors (Lipinski definition) is 4. The number of thioether (sulfide) groups is 1. The predicted octanol–water partition coefficient (Wildman–Crippen LogP) is 2.29. The van der Waals surface area contributed by atoms with E-state index < -0.39 is 0 Å². The van der Waals surface area contributed by atoms with Crippen LogP contribution in [0.2, 0.25) is 0 Å². The van der Waals surface area contributed by atoms with Crippen molar-refractivity contribution in [1.29, 1.82) is 0 Å². The minimum Gasteiger partial charge on any atom is -0.381 e. The molecule has 0 saturated carbocycles. The Labute approximate surface area is 142 Å². The largest absolute Gasteiger partial charge is 0.381 e. The minimum absolute atomic E-state index is 0.0970. The Kier molecular flexibility index (Phi) is 5.62. The molecular weight excluding hydrogens is 308 g/mol. The standard InChI is InChI=1S/C18H26N2O2S/c1-2-23-18(8-11-22-12-9-18)13-20-17(21)16-15-6-4-3-5-14(15)7-10-19-16/h3-6,16,19H,2,7-13H2,1H3,(H,20,21)/t16-/m1/s1. The molecule has 4 nitrogen and oxygen atoms in total. The average Bonchev–Trinajstić information content (AvgIpc) is 2.60. The molecule has 0 aromatic heterocycles. The van der Waals surface area contributed by atoms with Gasteiger partial charge in [0.05, 0.1) is 0 Å². The van der Waals surface area contributed by atoms with E-state index in [1.807, 2.05) is 23.9 Å². The molecule has 126 valence electrons.